The lowest BCUT2D eigenvalue weighted by atomic mass is 9.99. The van der Waals surface area contributed by atoms with E-state index in [2.05, 4.69) is 33.3 Å². The van der Waals surface area contributed by atoms with Crippen LogP contribution < -0.4 is 27.2 Å². The van der Waals surface area contributed by atoms with Gasteiger partial charge < -0.3 is 5.32 Å². The first kappa shape index (κ1) is 15.2. The number of amides is 1. The van der Waals surface area contributed by atoms with Crippen LogP contribution in [0.1, 0.15) is 39.9 Å². The molecule has 2 aromatic carbocycles. The second-order valence-corrected chi connectivity index (χ2v) is 6.02. The third-order valence-electron chi connectivity index (χ3n) is 4.57. The van der Waals surface area contributed by atoms with Gasteiger partial charge in [-0.3, -0.25) is 4.79 Å². The minimum atomic E-state index is -0.413. The molecule has 1 heterocycles. The first-order chi connectivity index (χ1) is 11.7. The van der Waals surface area contributed by atoms with Gasteiger partial charge in [0.2, 0.25) is 0 Å². The molecule has 0 radical (unpaired) electrons. The van der Waals surface area contributed by atoms with E-state index in [0.29, 0.717) is 5.56 Å². The molecule has 0 bridgehead atoms. The first-order valence-corrected chi connectivity index (χ1v) is 7.89. The summed E-state index contributed by atoms with van der Waals surface area (Å²) in [6.07, 6.45) is 0.774. The van der Waals surface area contributed by atoms with E-state index >= 15 is 0 Å². The van der Waals surface area contributed by atoms with Crippen LogP contribution in [0.2, 0.25) is 0 Å². The predicted molar refractivity (Wildman–Crippen MR) is 86.7 cm³/mol. The zero-order valence-corrected chi connectivity index (χ0v) is 12.8. The number of carbonyl (C=O) groups is 1. The van der Waals surface area contributed by atoms with Crippen molar-refractivity contribution in [2.75, 3.05) is 0 Å². The predicted octanol–water partition coefficient (Wildman–Crippen LogP) is 1.23. The molecule has 0 saturated carbocycles. The molecule has 7 heteroatoms. The van der Waals surface area contributed by atoms with Gasteiger partial charge in [-0.1, -0.05) is 30.3 Å². The highest BCUT2D eigenvalue weighted by molar-refractivity contribution is 5.94. The Labute approximate surface area is 138 Å². The fourth-order valence-electron chi connectivity index (χ4n) is 3.46. The summed E-state index contributed by atoms with van der Waals surface area (Å²) in [5, 5.41) is 3.03. The Hall–Kier alpha value is -2.32. The summed E-state index contributed by atoms with van der Waals surface area (Å²) in [4.78, 5) is 12.5. The molecule has 4 rings (SSSR count). The Kier molecular flexibility index (Phi) is 3.99. The molecule has 24 heavy (non-hydrogen) atoms. The van der Waals surface area contributed by atoms with Crippen molar-refractivity contribution in [2.24, 2.45) is 0 Å². The highest BCUT2D eigenvalue weighted by Gasteiger charge is 2.37. The Bertz CT molecular complexity index is 762. The second-order valence-electron chi connectivity index (χ2n) is 6.02. The summed E-state index contributed by atoms with van der Waals surface area (Å²) in [5.41, 5.74) is 14.5. The van der Waals surface area contributed by atoms with Gasteiger partial charge in [-0.2, -0.15) is 11.1 Å². The lowest BCUT2D eigenvalue weighted by Gasteiger charge is -2.19. The van der Waals surface area contributed by atoms with E-state index in [0.717, 1.165) is 12.0 Å². The number of hydrogen-bond acceptors (Lipinski definition) is 5. The fourth-order valence-corrected chi connectivity index (χ4v) is 3.46. The van der Waals surface area contributed by atoms with E-state index in [9.17, 15) is 9.18 Å². The van der Waals surface area contributed by atoms with Gasteiger partial charge in [-0.05, 0) is 35.7 Å². The summed E-state index contributed by atoms with van der Waals surface area (Å²) < 4.78 is 13.3. The van der Waals surface area contributed by atoms with Crippen LogP contribution in [0.5, 0.6) is 0 Å². The molecule has 1 fully saturated rings. The first-order valence-electron chi connectivity index (χ1n) is 7.89. The van der Waals surface area contributed by atoms with Gasteiger partial charge in [0.15, 0.2) is 0 Å². The Morgan fingerprint density at radius 3 is 2.54 bits per heavy atom. The van der Waals surface area contributed by atoms with Crippen molar-refractivity contribution in [3.8, 4) is 0 Å². The SMILES string of the molecule is O=C(N[C@@H]1C[C@H](C2NNNN2)c2ccccc21)c1cccc(F)c1. The van der Waals surface area contributed by atoms with Gasteiger partial charge in [0.1, 0.15) is 5.82 Å². The van der Waals surface area contributed by atoms with Crippen LogP contribution in [0.15, 0.2) is 48.5 Å². The molecule has 6 nitrogen and oxygen atoms in total. The van der Waals surface area contributed by atoms with Crippen LogP contribution in [0, 0.1) is 5.82 Å². The maximum atomic E-state index is 13.3. The van der Waals surface area contributed by atoms with Gasteiger partial charge in [-0.25, -0.2) is 15.2 Å². The molecule has 5 N–H and O–H groups in total. The van der Waals surface area contributed by atoms with E-state index in [1.165, 1.54) is 17.7 Å². The topological polar surface area (TPSA) is 77.2 Å². The molecule has 1 aliphatic heterocycles. The summed E-state index contributed by atoms with van der Waals surface area (Å²) in [6.45, 7) is 0. The monoisotopic (exact) mass is 327 g/mol. The summed E-state index contributed by atoms with van der Waals surface area (Å²) in [5.74, 6) is -0.482. The zero-order valence-electron chi connectivity index (χ0n) is 12.8. The molecule has 124 valence electrons. The number of hydrogen-bond donors (Lipinski definition) is 5. The second kappa shape index (κ2) is 6.29. The maximum Gasteiger partial charge on any atom is 0.251 e. The molecule has 0 aromatic heterocycles. The number of fused-ring (bicyclic) bond motifs is 1. The van der Waals surface area contributed by atoms with E-state index < -0.39 is 5.82 Å². The third kappa shape index (κ3) is 2.78. The molecule has 2 aromatic rings. The highest BCUT2D eigenvalue weighted by atomic mass is 19.1. The van der Waals surface area contributed by atoms with Crippen molar-refractivity contribution in [3.05, 3.63) is 71.0 Å². The maximum absolute atomic E-state index is 13.3. The number of benzene rings is 2. The number of carbonyl (C=O) groups excluding carboxylic acids is 1. The lowest BCUT2D eigenvalue weighted by molar-refractivity contribution is 0.0934. The number of hydrazine groups is 3. The van der Waals surface area contributed by atoms with Crippen LogP contribution in [0.3, 0.4) is 0 Å². The van der Waals surface area contributed by atoms with Gasteiger partial charge in [0, 0.05) is 11.5 Å². The molecular weight excluding hydrogens is 309 g/mol. The number of rotatable bonds is 3. The molecule has 1 saturated heterocycles. The summed E-state index contributed by atoms with van der Waals surface area (Å²) in [6, 6.07) is 13.7. The highest BCUT2D eigenvalue weighted by Crippen LogP contribution is 2.41. The molecule has 1 aliphatic carbocycles. The molecule has 0 unspecified atom stereocenters. The van der Waals surface area contributed by atoms with Crippen molar-refractivity contribution >= 4 is 5.91 Å². The van der Waals surface area contributed by atoms with Crippen molar-refractivity contribution < 1.29 is 9.18 Å². The van der Waals surface area contributed by atoms with Crippen LogP contribution in [-0.2, 0) is 0 Å². The molecule has 2 atom stereocenters. The Morgan fingerprint density at radius 2 is 1.79 bits per heavy atom. The van der Waals surface area contributed by atoms with Gasteiger partial charge in [-0.15, -0.1) is 0 Å². The summed E-state index contributed by atoms with van der Waals surface area (Å²) in [7, 11) is 0. The van der Waals surface area contributed by atoms with Crippen molar-refractivity contribution in [3.63, 3.8) is 0 Å². The minimum Gasteiger partial charge on any atom is -0.345 e. The van der Waals surface area contributed by atoms with E-state index in [-0.39, 0.29) is 24.0 Å². The normalized spacial score (nSPS) is 23.2. The largest absolute Gasteiger partial charge is 0.345 e. The average Bonchev–Trinajstić information content (AvgIpc) is 3.23. The van der Waals surface area contributed by atoms with Crippen molar-refractivity contribution in [2.45, 2.75) is 24.5 Å². The molecule has 1 amide bonds. The molecule has 0 spiro atoms. The van der Waals surface area contributed by atoms with Crippen LogP contribution in [0.4, 0.5) is 4.39 Å². The average molecular weight is 327 g/mol. The number of nitrogens with one attached hydrogen (secondary N) is 5. The smallest absolute Gasteiger partial charge is 0.251 e. The van der Waals surface area contributed by atoms with Crippen LogP contribution in [-0.4, -0.2) is 12.1 Å². The van der Waals surface area contributed by atoms with Gasteiger partial charge in [0.05, 0.1) is 12.2 Å². The lowest BCUT2D eigenvalue weighted by Crippen LogP contribution is -2.39. The number of halogens is 1. The van der Waals surface area contributed by atoms with Gasteiger partial charge >= 0.3 is 0 Å². The van der Waals surface area contributed by atoms with Crippen LogP contribution in [0.25, 0.3) is 0 Å². The zero-order chi connectivity index (χ0) is 16.5. The van der Waals surface area contributed by atoms with E-state index in [4.69, 9.17) is 0 Å². The Morgan fingerprint density at radius 1 is 1.04 bits per heavy atom. The molecule has 2 aliphatic rings. The summed E-state index contributed by atoms with van der Waals surface area (Å²) >= 11 is 0. The van der Waals surface area contributed by atoms with E-state index in [1.807, 2.05) is 18.2 Å². The van der Waals surface area contributed by atoms with Crippen molar-refractivity contribution in [1.82, 2.24) is 27.2 Å². The van der Waals surface area contributed by atoms with E-state index in [1.54, 1.807) is 12.1 Å². The third-order valence-corrected chi connectivity index (χ3v) is 4.57. The van der Waals surface area contributed by atoms with Crippen molar-refractivity contribution in [1.29, 1.82) is 0 Å². The fraction of sp³-hybridized carbons (Fsp3) is 0.235. The van der Waals surface area contributed by atoms with Crippen LogP contribution >= 0.6 is 0 Å². The minimum absolute atomic E-state index is 0.0159. The Balaban J connectivity index is 1.56. The standard InChI is InChI=1S/C17H18FN5O/c18-11-5-3-4-10(8-11)17(24)19-15-9-14(16-20-22-23-21-16)12-6-1-2-7-13(12)15/h1-8,14-16,20-23H,9H2,(H,19,24)/t14-,15+/m0/s1. The quantitative estimate of drug-likeness (QED) is 0.586. The molecular formula is C17H18FN5O. The van der Waals surface area contributed by atoms with Gasteiger partial charge in [0.25, 0.3) is 5.91 Å².